The molecule has 29 heavy (non-hydrogen) atoms. The van der Waals surface area contributed by atoms with Gasteiger partial charge in [-0.2, -0.15) is 0 Å². The lowest BCUT2D eigenvalue weighted by atomic mass is 10.1. The van der Waals surface area contributed by atoms with Crippen LogP contribution in [0.4, 0.5) is 11.6 Å². The Labute approximate surface area is 168 Å². The van der Waals surface area contributed by atoms with E-state index in [0.29, 0.717) is 43.4 Å². The van der Waals surface area contributed by atoms with Gasteiger partial charge in [0.2, 0.25) is 5.95 Å². The van der Waals surface area contributed by atoms with Gasteiger partial charge in [0.15, 0.2) is 0 Å². The van der Waals surface area contributed by atoms with E-state index in [1.807, 2.05) is 54.6 Å². The van der Waals surface area contributed by atoms with Gasteiger partial charge in [0.25, 0.3) is 5.56 Å². The Bertz CT molecular complexity index is 985. The van der Waals surface area contributed by atoms with Crippen molar-refractivity contribution in [1.82, 2.24) is 9.97 Å². The van der Waals surface area contributed by atoms with E-state index >= 15 is 0 Å². The number of ether oxygens (including phenoxy) is 2. The highest BCUT2D eigenvalue weighted by Crippen LogP contribution is 2.20. The second-order valence-corrected chi connectivity index (χ2v) is 6.25. The van der Waals surface area contributed by atoms with Crippen LogP contribution in [0.25, 0.3) is 11.3 Å². The molecule has 0 fully saturated rings. The summed E-state index contributed by atoms with van der Waals surface area (Å²) in [5, 5.41) is 3.09. The Balaban J connectivity index is 1.58. The molecule has 2 aromatic carbocycles. The van der Waals surface area contributed by atoms with E-state index in [9.17, 15) is 9.59 Å². The third-order valence-electron chi connectivity index (χ3n) is 4.03. The van der Waals surface area contributed by atoms with Gasteiger partial charge in [0, 0.05) is 23.7 Å². The Hall–Kier alpha value is -3.61. The molecule has 0 spiro atoms. The summed E-state index contributed by atoms with van der Waals surface area (Å²) in [7, 11) is 0. The predicted molar refractivity (Wildman–Crippen MR) is 111 cm³/mol. The highest BCUT2D eigenvalue weighted by Gasteiger charge is 2.05. The summed E-state index contributed by atoms with van der Waals surface area (Å²) < 4.78 is 10.5. The number of aromatic amines is 1. The first-order valence-corrected chi connectivity index (χ1v) is 9.46. The number of benzene rings is 2. The number of anilines is 2. The van der Waals surface area contributed by atoms with E-state index in [1.165, 1.54) is 6.07 Å². The molecule has 0 radical (unpaired) electrons. The van der Waals surface area contributed by atoms with Crippen LogP contribution in [0.3, 0.4) is 0 Å². The van der Waals surface area contributed by atoms with Crippen molar-refractivity contribution in [3.05, 3.63) is 71.0 Å². The lowest BCUT2D eigenvalue weighted by Gasteiger charge is -2.09. The molecule has 7 heteroatoms. The number of hydrogen-bond acceptors (Lipinski definition) is 6. The van der Waals surface area contributed by atoms with E-state index in [0.717, 1.165) is 11.3 Å². The van der Waals surface area contributed by atoms with Crippen molar-refractivity contribution in [3.63, 3.8) is 0 Å². The average Bonchev–Trinajstić information content (AvgIpc) is 2.73. The maximum atomic E-state index is 12.0. The molecule has 0 atom stereocenters. The molecule has 1 aromatic heterocycles. The number of aromatic nitrogens is 2. The van der Waals surface area contributed by atoms with Crippen LogP contribution in [0.15, 0.2) is 65.5 Å². The van der Waals surface area contributed by atoms with E-state index in [2.05, 4.69) is 15.3 Å². The molecular weight excluding hydrogens is 370 g/mol. The standard InChI is InChI=1S/C22H23N3O4/c1-2-28-21(27)9-6-14-29-18-12-10-17(11-13-18)23-22-24-19(15-20(26)25-22)16-7-4-3-5-8-16/h3-5,7-8,10-13,15H,2,6,9,14H2,1H3,(H2,23,24,25,26). The number of hydrogen-bond donors (Lipinski definition) is 2. The van der Waals surface area contributed by atoms with Crippen LogP contribution in [-0.4, -0.2) is 29.2 Å². The quantitative estimate of drug-likeness (QED) is 0.423. The zero-order valence-corrected chi connectivity index (χ0v) is 16.2. The average molecular weight is 393 g/mol. The Morgan fingerprint density at radius 2 is 1.86 bits per heavy atom. The summed E-state index contributed by atoms with van der Waals surface area (Å²) >= 11 is 0. The first-order valence-electron chi connectivity index (χ1n) is 9.46. The summed E-state index contributed by atoms with van der Waals surface area (Å²) in [5.74, 6) is 0.841. The maximum absolute atomic E-state index is 12.0. The maximum Gasteiger partial charge on any atom is 0.305 e. The van der Waals surface area contributed by atoms with Gasteiger partial charge in [-0.15, -0.1) is 0 Å². The second-order valence-electron chi connectivity index (χ2n) is 6.25. The monoisotopic (exact) mass is 393 g/mol. The molecule has 0 bridgehead atoms. The minimum Gasteiger partial charge on any atom is -0.494 e. The molecule has 0 aliphatic rings. The van der Waals surface area contributed by atoms with Crippen LogP contribution >= 0.6 is 0 Å². The largest absolute Gasteiger partial charge is 0.494 e. The minimum atomic E-state index is -0.233. The SMILES string of the molecule is CCOC(=O)CCCOc1ccc(Nc2nc(-c3ccccc3)cc(=O)[nH]2)cc1. The van der Waals surface area contributed by atoms with Crippen LogP contribution in [0.5, 0.6) is 5.75 Å². The van der Waals surface area contributed by atoms with Gasteiger partial charge in [0.1, 0.15) is 5.75 Å². The molecule has 150 valence electrons. The van der Waals surface area contributed by atoms with Crippen molar-refractivity contribution in [2.75, 3.05) is 18.5 Å². The lowest BCUT2D eigenvalue weighted by molar-refractivity contribution is -0.143. The Morgan fingerprint density at radius 3 is 2.59 bits per heavy atom. The van der Waals surface area contributed by atoms with Crippen molar-refractivity contribution < 1.29 is 14.3 Å². The van der Waals surface area contributed by atoms with Gasteiger partial charge in [-0.1, -0.05) is 30.3 Å². The summed E-state index contributed by atoms with van der Waals surface area (Å²) in [6.07, 6.45) is 0.931. The number of carbonyl (C=O) groups excluding carboxylic acids is 1. The number of carbonyl (C=O) groups is 1. The molecule has 3 aromatic rings. The topological polar surface area (TPSA) is 93.3 Å². The predicted octanol–water partition coefficient (Wildman–Crippen LogP) is 3.90. The summed E-state index contributed by atoms with van der Waals surface area (Å²) in [5.41, 5.74) is 1.99. The smallest absolute Gasteiger partial charge is 0.305 e. The second kappa shape index (κ2) is 10.1. The van der Waals surface area contributed by atoms with Crippen molar-refractivity contribution in [1.29, 1.82) is 0 Å². The first kappa shape index (κ1) is 20.1. The summed E-state index contributed by atoms with van der Waals surface area (Å²) in [6, 6.07) is 18.3. The summed E-state index contributed by atoms with van der Waals surface area (Å²) in [4.78, 5) is 30.4. The highest BCUT2D eigenvalue weighted by atomic mass is 16.5. The minimum absolute atomic E-state index is 0.213. The molecular formula is C22H23N3O4. The Morgan fingerprint density at radius 1 is 1.10 bits per heavy atom. The van der Waals surface area contributed by atoms with Gasteiger partial charge in [-0.25, -0.2) is 4.98 Å². The van der Waals surface area contributed by atoms with Crippen LogP contribution < -0.4 is 15.6 Å². The molecule has 0 amide bonds. The molecule has 0 aliphatic heterocycles. The molecule has 2 N–H and O–H groups in total. The van der Waals surface area contributed by atoms with Gasteiger partial charge in [-0.3, -0.25) is 14.6 Å². The third kappa shape index (κ3) is 6.21. The fourth-order valence-electron chi connectivity index (χ4n) is 2.68. The van der Waals surface area contributed by atoms with Crippen molar-refractivity contribution in [3.8, 4) is 17.0 Å². The van der Waals surface area contributed by atoms with Gasteiger partial charge in [0.05, 0.1) is 18.9 Å². The summed E-state index contributed by atoms with van der Waals surface area (Å²) in [6.45, 7) is 2.61. The van der Waals surface area contributed by atoms with E-state index in [-0.39, 0.29) is 11.5 Å². The van der Waals surface area contributed by atoms with Crippen molar-refractivity contribution in [2.24, 2.45) is 0 Å². The molecule has 0 aliphatic carbocycles. The first-order chi connectivity index (χ1) is 14.1. The zero-order valence-electron chi connectivity index (χ0n) is 16.2. The van der Waals surface area contributed by atoms with E-state index in [1.54, 1.807) is 6.92 Å². The molecule has 7 nitrogen and oxygen atoms in total. The fourth-order valence-corrected chi connectivity index (χ4v) is 2.68. The highest BCUT2D eigenvalue weighted by molar-refractivity contribution is 5.69. The third-order valence-corrected chi connectivity index (χ3v) is 4.03. The number of nitrogens with zero attached hydrogens (tertiary/aromatic N) is 1. The van der Waals surface area contributed by atoms with Crippen LogP contribution in [0.1, 0.15) is 19.8 Å². The van der Waals surface area contributed by atoms with Crippen LogP contribution in [0.2, 0.25) is 0 Å². The number of rotatable bonds is 9. The van der Waals surface area contributed by atoms with Crippen molar-refractivity contribution >= 4 is 17.6 Å². The van der Waals surface area contributed by atoms with Gasteiger partial charge >= 0.3 is 5.97 Å². The fraction of sp³-hybridized carbons (Fsp3) is 0.227. The van der Waals surface area contributed by atoms with Gasteiger partial charge in [-0.05, 0) is 37.6 Å². The number of nitrogens with one attached hydrogen (secondary N) is 2. The van der Waals surface area contributed by atoms with E-state index in [4.69, 9.17) is 9.47 Å². The molecule has 0 saturated heterocycles. The number of esters is 1. The van der Waals surface area contributed by atoms with Crippen LogP contribution in [-0.2, 0) is 9.53 Å². The molecule has 0 saturated carbocycles. The number of H-pyrrole nitrogens is 1. The van der Waals surface area contributed by atoms with Crippen LogP contribution in [0, 0.1) is 0 Å². The van der Waals surface area contributed by atoms with Gasteiger partial charge < -0.3 is 14.8 Å². The molecule has 1 heterocycles. The lowest BCUT2D eigenvalue weighted by Crippen LogP contribution is -2.10. The van der Waals surface area contributed by atoms with Crippen molar-refractivity contribution in [2.45, 2.75) is 19.8 Å². The normalized spacial score (nSPS) is 10.4. The Kier molecular flexibility index (Phi) is 7.00. The zero-order chi connectivity index (χ0) is 20.5. The molecule has 0 unspecified atom stereocenters. The van der Waals surface area contributed by atoms with E-state index < -0.39 is 0 Å². The molecule has 3 rings (SSSR count).